The van der Waals surface area contributed by atoms with Crippen LogP contribution < -0.4 is 10.6 Å². The third-order valence-corrected chi connectivity index (χ3v) is 4.39. The summed E-state index contributed by atoms with van der Waals surface area (Å²) in [4.78, 5) is 11.3. The fraction of sp³-hybridized carbons (Fsp3) is 0.200. The van der Waals surface area contributed by atoms with Crippen molar-refractivity contribution in [1.82, 2.24) is 14.9 Å². The van der Waals surface area contributed by atoms with Crippen molar-refractivity contribution in [1.29, 1.82) is 0 Å². The van der Waals surface area contributed by atoms with Gasteiger partial charge in [-0.2, -0.15) is 4.98 Å². The van der Waals surface area contributed by atoms with E-state index in [2.05, 4.69) is 25.5 Å². The van der Waals surface area contributed by atoms with Gasteiger partial charge in [0.25, 0.3) is 0 Å². The molecule has 0 aliphatic carbocycles. The van der Waals surface area contributed by atoms with Crippen LogP contribution in [0.4, 0.5) is 17.5 Å². The first-order chi connectivity index (χ1) is 13.0. The molecule has 27 heavy (non-hydrogen) atoms. The lowest BCUT2D eigenvalue weighted by molar-refractivity contribution is 0.425. The molecule has 0 fully saturated rings. The maximum absolute atomic E-state index is 6.28. The minimum absolute atomic E-state index is 0.554. The molecule has 1 aromatic heterocycles. The van der Waals surface area contributed by atoms with E-state index in [0.29, 0.717) is 27.5 Å². The second-order valence-corrected chi connectivity index (χ2v) is 7.15. The van der Waals surface area contributed by atoms with Gasteiger partial charge in [-0.3, -0.25) is 0 Å². The minimum atomic E-state index is 0.554. The number of aromatic nitrogens is 2. The molecular weight excluding hydrogens is 381 g/mol. The van der Waals surface area contributed by atoms with Crippen molar-refractivity contribution >= 4 is 40.7 Å². The Morgan fingerprint density at radius 2 is 1.74 bits per heavy atom. The van der Waals surface area contributed by atoms with Gasteiger partial charge >= 0.3 is 0 Å². The van der Waals surface area contributed by atoms with Crippen LogP contribution in [0.2, 0.25) is 10.0 Å². The first-order valence-corrected chi connectivity index (χ1v) is 9.32. The molecule has 3 aromatic rings. The summed E-state index contributed by atoms with van der Waals surface area (Å²) in [6.07, 6.45) is 0. The van der Waals surface area contributed by atoms with Gasteiger partial charge in [0.15, 0.2) is 0 Å². The molecule has 1 heterocycles. The highest BCUT2D eigenvalue weighted by Gasteiger charge is 2.09. The predicted molar refractivity (Wildman–Crippen MR) is 114 cm³/mol. The van der Waals surface area contributed by atoms with Crippen molar-refractivity contribution in [2.24, 2.45) is 0 Å². The average Bonchev–Trinajstić information content (AvgIpc) is 2.65. The molecule has 0 aliphatic heterocycles. The van der Waals surface area contributed by atoms with E-state index in [-0.39, 0.29) is 0 Å². The molecule has 2 N–H and O–H groups in total. The number of benzene rings is 2. The first-order valence-electron chi connectivity index (χ1n) is 8.56. The number of likely N-dealkylation sites (N-methyl/N-ethyl adjacent to an activating group) is 1. The van der Waals surface area contributed by atoms with Gasteiger partial charge in [-0.05, 0) is 32.3 Å². The molecule has 0 saturated carbocycles. The van der Waals surface area contributed by atoms with E-state index in [0.717, 1.165) is 24.3 Å². The highest BCUT2D eigenvalue weighted by Crippen LogP contribution is 2.29. The quantitative estimate of drug-likeness (QED) is 0.571. The monoisotopic (exact) mass is 401 g/mol. The van der Waals surface area contributed by atoms with E-state index in [1.807, 2.05) is 50.5 Å². The SMILES string of the molecule is CN(C)CCNc1nc(Nc2cc(Cl)ccc2Cl)cc(-c2ccccc2)n1. The number of halogens is 2. The van der Waals surface area contributed by atoms with E-state index in [9.17, 15) is 0 Å². The fourth-order valence-electron chi connectivity index (χ4n) is 2.47. The van der Waals surface area contributed by atoms with Gasteiger partial charge in [-0.25, -0.2) is 4.98 Å². The van der Waals surface area contributed by atoms with Crippen LogP contribution in [0.25, 0.3) is 11.3 Å². The highest BCUT2D eigenvalue weighted by molar-refractivity contribution is 6.35. The summed E-state index contributed by atoms with van der Waals surface area (Å²) in [5.74, 6) is 1.19. The summed E-state index contributed by atoms with van der Waals surface area (Å²) in [6.45, 7) is 1.62. The van der Waals surface area contributed by atoms with Gasteiger partial charge in [0.2, 0.25) is 5.95 Å². The molecule has 0 radical (unpaired) electrons. The van der Waals surface area contributed by atoms with E-state index >= 15 is 0 Å². The first kappa shape index (κ1) is 19.4. The smallest absolute Gasteiger partial charge is 0.225 e. The van der Waals surface area contributed by atoms with Gasteiger partial charge in [0, 0.05) is 29.7 Å². The highest BCUT2D eigenvalue weighted by atomic mass is 35.5. The molecule has 0 saturated heterocycles. The van der Waals surface area contributed by atoms with Crippen LogP contribution in [-0.4, -0.2) is 42.1 Å². The van der Waals surface area contributed by atoms with Gasteiger partial charge in [-0.1, -0.05) is 53.5 Å². The van der Waals surface area contributed by atoms with Crippen molar-refractivity contribution in [3.63, 3.8) is 0 Å². The van der Waals surface area contributed by atoms with Crippen LogP contribution >= 0.6 is 23.2 Å². The number of hydrogen-bond acceptors (Lipinski definition) is 5. The fourth-order valence-corrected chi connectivity index (χ4v) is 2.81. The number of nitrogens with one attached hydrogen (secondary N) is 2. The molecule has 140 valence electrons. The number of rotatable bonds is 7. The van der Waals surface area contributed by atoms with Crippen LogP contribution in [0.1, 0.15) is 0 Å². The summed E-state index contributed by atoms with van der Waals surface area (Å²) in [5, 5.41) is 7.69. The summed E-state index contributed by atoms with van der Waals surface area (Å²) < 4.78 is 0. The zero-order chi connectivity index (χ0) is 19.2. The largest absolute Gasteiger partial charge is 0.353 e. The third kappa shape index (κ3) is 5.57. The maximum atomic E-state index is 6.28. The van der Waals surface area contributed by atoms with Crippen molar-refractivity contribution in [3.05, 3.63) is 64.6 Å². The molecule has 3 rings (SSSR count). The lowest BCUT2D eigenvalue weighted by atomic mass is 10.1. The Balaban J connectivity index is 1.92. The Kier molecular flexibility index (Phi) is 6.50. The number of hydrogen-bond donors (Lipinski definition) is 2. The Labute approximate surface area is 169 Å². The van der Waals surface area contributed by atoms with Crippen molar-refractivity contribution in [2.75, 3.05) is 37.8 Å². The third-order valence-electron chi connectivity index (χ3n) is 3.83. The summed E-state index contributed by atoms with van der Waals surface area (Å²) in [6, 6.07) is 17.1. The molecular formula is C20H21Cl2N5. The van der Waals surface area contributed by atoms with E-state index in [4.69, 9.17) is 23.2 Å². The lowest BCUT2D eigenvalue weighted by Crippen LogP contribution is -2.21. The van der Waals surface area contributed by atoms with Crippen LogP contribution in [0.5, 0.6) is 0 Å². The lowest BCUT2D eigenvalue weighted by Gasteiger charge is -2.14. The standard InChI is InChI=1S/C20H21Cl2N5/c1-27(2)11-10-23-20-25-17(14-6-4-3-5-7-14)13-19(26-20)24-18-12-15(21)8-9-16(18)22/h3-9,12-13H,10-11H2,1-2H3,(H2,23,24,25,26). The molecule has 0 spiro atoms. The molecule has 0 bridgehead atoms. The van der Waals surface area contributed by atoms with Crippen LogP contribution in [0.3, 0.4) is 0 Å². The zero-order valence-corrected chi connectivity index (χ0v) is 16.7. The molecule has 5 nitrogen and oxygen atoms in total. The van der Waals surface area contributed by atoms with E-state index in [1.54, 1.807) is 18.2 Å². The summed E-state index contributed by atoms with van der Waals surface area (Å²) in [5.41, 5.74) is 2.52. The molecule has 2 aromatic carbocycles. The Hall–Kier alpha value is -2.34. The molecule has 0 atom stereocenters. The Morgan fingerprint density at radius 1 is 0.963 bits per heavy atom. The molecule has 0 aliphatic rings. The van der Waals surface area contributed by atoms with Gasteiger partial charge in [0.1, 0.15) is 5.82 Å². The summed E-state index contributed by atoms with van der Waals surface area (Å²) in [7, 11) is 4.05. The predicted octanol–water partition coefficient (Wildman–Crippen LogP) is 5.17. The van der Waals surface area contributed by atoms with E-state index in [1.165, 1.54) is 0 Å². The van der Waals surface area contributed by atoms with Crippen LogP contribution in [0, 0.1) is 0 Å². The number of anilines is 3. The summed E-state index contributed by atoms with van der Waals surface area (Å²) >= 11 is 12.4. The van der Waals surface area contributed by atoms with Crippen molar-refractivity contribution < 1.29 is 0 Å². The Bertz CT molecular complexity index is 900. The second-order valence-electron chi connectivity index (χ2n) is 6.31. The minimum Gasteiger partial charge on any atom is -0.353 e. The Morgan fingerprint density at radius 3 is 2.48 bits per heavy atom. The normalized spacial score (nSPS) is 10.9. The van der Waals surface area contributed by atoms with Gasteiger partial charge in [0.05, 0.1) is 16.4 Å². The van der Waals surface area contributed by atoms with E-state index < -0.39 is 0 Å². The van der Waals surface area contributed by atoms with Crippen LogP contribution in [-0.2, 0) is 0 Å². The molecule has 0 amide bonds. The molecule has 0 unspecified atom stereocenters. The van der Waals surface area contributed by atoms with Crippen molar-refractivity contribution in [2.45, 2.75) is 0 Å². The average molecular weight is 402 g/mol. The van der Waals surface area contributed by atoms with Gasteiger partial charge in [-0.15, -0.1) is 0 Å². The maximum Gasteiger partial charge on any atom is 0.225 e. The van der Waals surface area contributed by atoms with Gasteiger partial charge < -0.3 is 15.5 Å². The molecule has 7 heteroatoms. The topological polar surface area (TPSA) is 53.1 Å². The van der Waals surface area contributed by atoms with Crippen molar-refractivity contribution in [3.8, 4) is 11.3 Å². The second kappa shape index (κ2) is 9.04. The zero-order valence-electron chi connectivity index (χ0n) is 15.2. The van der Waals surface area contributed by atoms with Crippen LogP contribution in [0.15, 0.2) is 54.6 Å². The number of nitrogens with zero attached hydrogens (tertiary/aromatic N) is 3.